The number of hydrogen-bond donors (Lipinski definition) is 2. The van der Waals surface area contributed by atoms with Gasteiger partial charge in [-0.15, -0.1) is 0 Å². The van der Waals surface area contributed by atoms with Crippen LogP contribution in [0.5, 0.6) is 0 Å². The van der Waals surface area contributed by atoms with Crippen LogP contribution in [0.3, 0.4) is 0 Å². The van der Waals surface area contributed by atoms with Crippen LogP contribution in [0.2, 0.25) is 0 Å². The van der Waals surface area contributed by atoms with Crippen LogP contribution in [0.1, 0.15) is 5.69 Å². The Bertz CT molecular complexity index is 714. The van der Waals surface area contributed by atoms with E-state index in [4.69, 9.17) is 5.73 Å². The first-order valence-electron chi connectivity index (χ1n) is 5.65. The average molecular weight is 241 g/mol. The second kappa shape index (κ2) is 3.84. The summed E-state index contributed by atoms with van der Waals surface area (Å²) in [6.45, 7) is 1.95. The van der Waals surface area contributed by atoms with Crippen molar-refractivity contribution in [1.82, 2.24) is 9.97 Å². The Labute approximate surface area is 103 Å². The third-order valence-corrected chi connectivity index (χ3v) is 2.99. The first kappa shape index (κ1) is 10.8. The Balaban J connectivity index is 2.28. The van der Waals surface area contributed by atoms with Crippen molar-refractivity contribution in [3.63, 3.8) is 0 Å². The molecule has 3 N–H and O–H groups in total. The number of fused-ring (bicyclic) bond motifs is 1. The van der Waals surface area contributed by atoms with Crippen LogP contribution >= 0.6 is 0 Å². The van der Waals surface area contributed by atoms with Gasteiger partial charge in [0.15, 0.2) is 0 Å². The van der Waals surface area contributed by atoms with Gasteiger partial charge < -0.3 is 10.7 Å². The van der Waals surface area contributed by atoms with Gasteiger partial charge in [0, 0.05) is 22.2 Å². The van der Waals surface area contributed by atoms with Gasteiger partial charge >= 0.3 is 0 Å². The molecular weight excluding hydrogens is 229 g/mol. The molecule has 0 aliphatic heterocycles. The SMILES string of the molecule is Cc1[nH]c2cc(F)ccc2c1-c1ccc(N)cn1. The van der Waals surface area contributed by atoms with Crippen LogP contribution in [0.4, 0.5) is 10.1 Å². The molecule has 0 aliphatic carbocycles. The highest BCUT2D eigenvalue weighted by atomic mass is 19.1. The number of rotatable bonds is 1. The van der Waals surface area contributed by atoms with Crippen molar-refractivity contribution in [2.24, 2.45) is 0 Å². The zero-order chi connectivity index (χ0) is 12.7. The molecule has 3 nitrogen and oxygen atoms in total. The predicted octanol–water partition coefficient (Wildman–Crippen LogP) is 3.26. The molecule has 0 bridgehead atoms. The average Bonchev–Trinajstić information content (AvgIpc) is 2.65. The lowest BCUT2D eigenvalue weighted by molar-refractivity contribution is 0.629. The zero-order valence-electron chi connectivity index (χ0n) is 9.87. The van der Waals surface area contributed by atoms with Gasteiger partial charge in [0.2, 0.25) is 0 Å². The molecule has 0 saturated heterocycles. The topological polar surface area (TPSA) is 54.7 Å². The summed E-state index contributed by atoms with van der Waals surface area (Å²) in [5, 5.41) is 0.964. The van der Waals surface area contributed by atoms with E-state index >= 15 is 0 Å². The summed E-state index contributed by atoms with van der Waals surface area (Å²) >= 11 is 0. The monoisotopic (exact) mass is 241 g/mol. The van der Waals surface area contributed by atoms with Crippen molar-refractivity contribution in [2.75, 3.05) is 5.73 Å². The highest BCUT2D eigenvalue weighted by molar-refractivity contribution is 5.96. The lowest BCUT2D eigenvalue weighted by Crippen LogP contribution is -1.88. The fourth-order valence-electron chi connectivity index (χ4n) is 2.19. The van der Waals surface area contributed by atoms with E-state index in [-0.39, 0.29) is 5.82 Å². The maximum atomic E-state index is 13.2. The summed E-state index contributed by atoms with van der Waals surface area (Å²) in [5.74, 6) is -0.249. The molecule has 3 aromatic rings. The van der Waals surface area contributed by atoms with Gasteiger partial charge in [-0.2, -0.15) is 0 Å². The van der Waals surface area contributed by atoms with Crippen LogP contribution in [0.15, 0.2) is 36.5 Å². The maximum absolute atomic E-state index is 13.2. The fourth-order valence-corrected chi connectivity index (χ4v) is 2.19. The van der Waals surface area contributed by atoms with Crippen molar-refractivity contribution in [2.45, 2.75) is 6.92 Å². The van der Waals surface area contributed by atoms with Crippen LogP contribution in [0, 0.1) is 12.7 Å². The Morgan fingerprint density at radius 2 is 2.06 bits per heavy atom. The van der Waals surface area contributed by atoms with Crippen molar-refractivity contribution in [1.29, 1.82) is 0 Å². The summed E-state index contributed by atoms with van der Waals surface area (Å²) in [7, 11) is 0. The standard InChI is InChI=1S/C14H12FN3/c1-8-14(12-5-3-10(16)7-17-12)11-4-2-9(15)6-13(11)18-8/h2-7,18H,16H2,1H3. The number of aromatic amines is 1. The first-order valence-corrected chi connectivity index (χ1v) is 5.65. The molecule has 0 unspecified atom stereocenters. The summed E-state index contributed by atoms with van der Waals surface area (Å²) in [6.07, 6.45) is 1.62. The van der Waals surface area contributed by atoms with E-state index in [1.54, 1.807) is 12.3 Å². The van der Waals surface area contributed by atoms with Crippen molar-refractivity contribution < 1.29 is 4.39 Å². The Morgan fingerprint density at radius 3 is 2.78 bits per heavy atom. The molecule has 0 saturated carbocycles. The highest BCUT2D eigenvalue weighted by Gasteiger charge is 2.11. The Morgan fingerprint density at radius 1 is 1.22 bits per heavy atom. The van der Waals surface area contributed by atoms with Crippen molar-refractivity contribution in [3.8, 4) is 11.3 Å². The Kier molecular flexibility index (Phi) is 2.30. The smallest absolute Gasteiger partial charge is 0.125 e. The van der Waals surface area contributed by atoms with Gasteiger partial charge in [-0.25, -0.2) is 4.39 Å². The van der Waals surface area contributed by atoms with E-state index < -0.39 is 0 Å². The molecule has 0 spiro atoms. The van der Waals surface area contributed by atoms with E-state index in [0.29, 0.717) is 5.69 Å². The van der Waals surface area contributed by atoms with E-state index in [0.717, 1.165) is 27.9 Å². The molecule has 1 aromatic carbocycles. The first-order chi connectivity index (χ1) is 8.65. The lowest BCUT2D eigenvalue weighted by atomic mass is 10.1. The largest absolute Gasteiger partial charge is 0.397 e. The minimum absolute atomic E-state index is 0.249. The molecular formula is C14H12FN3. The second-order valence-electron chi connectivity index (χ2n) is 4.29. The number of pyridine rings is 1. The molecule has 18 heavy (non-hydrogen) atoms. The molecule has 0 atom stereocenters. The lowest BCUT2D eigenvalue weighted by Gasteiger charge is -2.01. The Hall–Kier alpha value is -2.36. The van der Waals surface area contributed by atoms with Gasteiger partial charge in [0.25, 0.3) is 0 Å². The molecule has 0 aliphatic rings. The second-order valence-corrected chi connectivity index (χ2v) is 4.29. The summed E-state index contributed by atoms with van der Waals surface area (Å²) in [4.78, 5) is 7.49. The van der Waals surface area contributed by atoms with Crippen LogP contribution in [-0.4, -0.2) is 9.97 Å². The minimum atomic E-state index is -0.249. The van der Waals surface area contributed by atoms with Gasteiger partial charge in [-0.3, -0.25) is 4.98 Å². The zero-order valence-corrected chi connectivity index (χ0v) is 9.87. The highest BCUT2D eigenvalue weighted by Crippen LogP contribution is 2.31. The van der Waals surface area contributed by atoms with Gasteiger partial charge in [0.05, 0.1) is 17.6 Å². The van der Waals surface area contributed by atoms with Crippen LogP contribution in [-0.2, 0) is 0 Å². The number of nitrogens with zero attached hydrogens (tertiary/aromatic N) is 1. The number of anilines is 1. The van der Waals surface area contributed by atoms with E-state index in [1.807, 2.05) is 19.1 Å². The van der Waals surface area contributed by atoms with Crippen LogP contribution in [0.25, 0.3) is 22.2 Å². The summed E-state index contributed by atoms with van der Waals surface area (Å²) in [6, 6.07) is 8.39. The number of nitrogens with one attached hydrogen (secondary N) is 1. The van der Waals surface area contributed by atoms with Gasteiger partial charge in [-0.1, -0.05) is 0 Å². The molecule has 2 heterocycles. The minimum Gasteiger partial charge on any atom is -0.397 e. The fraction of sp³-hybridized carbons (Fsp3) is 0.0714. The van der Waals surface area contributed by atoms with E-state index in [2.05, 4.69) is 9.97 Å². The molecule has 90 valence electrons. The molecule has 0 amide bonds. The summed E-state index contributed by atoms with van der Waals surface area (Å²) < 4.78 is 13.2. The van der Waals surface area contributed by atoms with E-state index in [1.165, 1.54) is 12.1 Å². The number of nitrogens with two attached hydrogens (primary N) is 1. The number of H-pyrrole nitrogens is 1. The third-order valence-electron chi connectivity index (χ3n) is 2.99. The molecule has 0 fully saturated rings. The number of aryl methyl sites for hydroxylation is 1. The van der Waals surface area contributed by atoms with Gasteiger partial charge in [0.1, 0.15) is 5.82 Å². The summed E-state index contributed by atoms with van der Waals surface area (Å²) in [5.41, 5.74) is 9.83. The van der Waals surface area contributed by atoms with Crippen LogP contribution < -0.4 is 5.73 Å². The molecule has 3 rings (SSSR count). The number of halogens is 1. The molecule has 4 heteroatoms. The molecule has 0 radical (unpaired) electrons. The maximum Gasteiger partial charge on any atom is 0.125 e. The normalized spacial score (nSPS) is 11.0. The van der Waals surface area contributed by atoms with Crippen molar-refractivity contribution in [3.05, 3.63) is 48.0 Å². The van der Waals surface area contributed by atoms with E-state index in [9.17, 15) is 4.39 Å². The number of benzene rings is 1. The van der Waals surface area contributed by atoms with Gasteiger partial charge in [-0.05, 0) is 37.3 Å². The number of hydrogen-bond acceptors (Lipinski definition) is 2. The molecule has 2 aromatic heterocycles. The van der Waals surface area contributed by atoms with Crippen molar-refractivity contribution >= 4 is 16.6 Å². The number of aromatic nitrogens is 2. The predicted molar refractivity (Wildman–Crippen MR) is 70.6 cm³/mol. The third kappa shape index (κ3) is 1.62. The quantitative estimate of drug-likeness (QED) is 0.687. The number of nitrogen functional groups attached to an aromatic ring is 1.